The first-order valence-corrected chi connectivity index (χ1v) is 12.8. The highest BCUT2D eigenvalue weighted by atomic mass is 19.1. The fourth-order valence-corrected chi connectivity index (χ4v) is 4.86. The van der Waals surface area contributed by atoms with Crippen LogP contribution in [0.4, 0.5) is 15.8 Å². The van der Waals surface area contributed by atoms with Gasteiger partial charge < -0.3 is 24.4 Å². The van der Waals surface area contributed by atoms with Gasteiger partial charge in [-0.1, -0.05) is 48.5 Å². The van der Waals surface area contributed by atoms with E-state index in [2.05, 4.69) is 64.3 Å². The number of esters is 1. The number of halogens is 1. The number of nitrogens with one attached hydrogen (secondary N) is 1. The number of benzene rings is 4. The molecule has 1 N–H and O–H groups in total. The predicted molar refractivity (Wildman–Crippen MR) is 147 cm³/mol. The average molecular weight is 515 g/mol. The van der Waals surface area contributed by atoms with E-state index in [0.29, 0.717) is 18.0 Å². The van der Waals surface area contributed by atoms with Crippen LogP contribution in [0.5, 0.6) is 11.5 Å². The minimum absolute atomic E-state index is 0.156. The Balaban J connectivity index is 1.29. The number of anilines is 2. The van der Waals surface area contributed by atoms with Crippen molar-refractivity contribution in [2.45, 2.75) is 25.5 Å². The maximum absolute atomic E-state index is 14.1. The molecule has 0 spiro atoms. The molecule has 1 aliphatic heterocycles. The van der Waals surface area contributed by atoms with Crippen LogP contribution < -0.4 is 19.7 Å². The van der Waals surface area contributed by atoms with Crippen molar-refractivity contribution in [2.24, 2.45) is 0 Å². The number of nitrogens with zero attached hydrogens (tertiary/aromatic N) is 1. The Kier molecular flexibility index (Phi) is 7.75. The molecule has 0 bridgehead atoms. The van der Waals surface area contributed by atoms with E-state index in [0.717, 1.165) is 24.3 Å². The van der Waals surface area contributed by atoms with Gasteiger partial charge in [-0.15, -0.1) is 0 Å². The molecule has 0 saturated heterocycles. The summed E-state index contributed by atoms with van der Waals surface area (Å²) in [6.07, 6.45) is 0.580. The zero-order chi connectivity index (χ0) is 26.5. The summed E-state index contributed by atoms with van der Waals surface area (Å²) in [4.78, 5) is 13.6. The summed E-state index contributed by atoms with van der Waals surface area (Å²) in [6.45, 7) is 3.31. The van der Waals surface area contributed by atoms with Crippen LogP contribution in [0.1, 0.15) is 24.9 Å². The van der Waals surface area contributed by atoms with Crippen molar-refractivity contribution in [1.82, 2.24) is 5.32 Å². The summed E-state index contributed by atoms with van der Waals surface area (Å²) in [6, 6.07) is 27.0. The molecule has 196 valence electrons. The van der Waals surface area contributed by atoms with Crippen LogP contribution in [0.15, 0.2) is 84.9 Å². The predicted octanol–water partition coefficient (Wildman–Crippen LogP) is 6.17. The quantitative estimate of drug-likeness (QED) is 0.270. The average Bonchev–Trinajstić information content (AvgIpc) is 2.95. The molecular formula is C31H31FN2O4. The molecule has 4 aromatic rings. The van der Waals surface area contributed by atoms with E-state index in [1.54, 1.807) is 12.1 Å². The third-order valence-electron chi connectivity index (χ3n) is 6.81. The van der Waals surface area contributed by atoms with Crippen molar-refractivity contribution >= 4 is 28.1 Å². The summed E-state index contributed by atoms with van der Waals surface area (Å²) in [5, 5.41) is 6.10. The monoisotopic (exact) mass is 514 g/mol. The van der Waals surface area contributed by atoms with Crippen LogP contribution in [0, 0.1) is 5.82 Å². The number of hydrogen-bond donors (Lipinski definition) is 1. The van der Waals surface area contributed by atoms with Gasteiger partial charge in [0.15, 0.2) is 6.61 Å². The van der Waals surface area contributed by atoms with E-state index >= 15 is 0 Å². The van der Waals surface area contributed by atoms with E-state index in [9.17, 15) is 9.18 Å². The minimum atomic E-state index is -0.451. The zero-order valence-electron chi connectivity index (χ0n) is 21.5. The fourth-order valence-electron chi connectivity index (χ4n) is 4.86. The molecule has 0 saturated carbocycles. The number of fused-ring (bicyclic) bond motifs is 2. The second-order valence-corrected chi connectivity index (χ2v) is 9.36. The molecule has 0 aromatic heterocycles. The van der Waals surface area contributed by atoms with Crippen molar-refractivity contribution in [3.8, 4) is 11.5 Å². The van der Waals surface area contributed by atoms with Crippen LogP contribution >= 0.6 is 0 Å². The van der Waals surface area contributed by atoms with E-state index < -0.39 is 5.97 Å². The van der Waals surface area contributed by atoms with Crippen molar-refractivity contribution < 1.29 is 23.4 Å². The number of hydrogen-bond acceptors (Lipinski definition) is 6. The maximum Gasteiger partial charge on any atom is 0.343 e. The largest absolute Gasteiger partial charge is 0.486 e. The van der Waals surface area contributed by atoms with Crippen LogP contribution in [-0.2, 0) is 9.53 Å². The van der Waals surface area contributed by atoms with E-state index in [-0.39, 0.29) is 24.6 Å². The highest BCUT2D eigenvalue weighted by Gasteiger charge is 2.27. The van der Waals surface area contributed by atoms with Gasteiger partial charge in [0.05, 0.1) is 19.3 Å². The van der Waals surface area contributed by atoms with Gasteiger partial charge in [0.25, 0.3) is 0 Å². The molecule has 38 heavy (non-hydrogen) atoms. The lowest BCUT2D eigenvalue weighted by molar-refractivity contribution is -0.142. The van der Waals surface area contributed by atoms with Gasteiger partial charge in [-0.2, -0.15) is 0 Å². The molecule has 4 aromatic carbocycles. The molecular weight excluding hydrogens is 483 g/mol. The Morgan fingerprint density at radius 1 is 1.08 bits per heavy atom. The molecule has 1 aliphatic rings. The third-order valence-corrected chi connectivity index (χ3v) is 6.81. The lowest BCUT2D eigenvalue weighted by atomic mass is 9.99. The van der Waals surface area contributed by atoms with Crippen molar-refractivity contribution in [3.05, 3.63) is 96.3 Å². The molecule has 7 heteroatoms. The lowest BCUT2D eigenvalue weighted by Gasteiger charge is -2.36. The Morgan fingerprint density at radius 3 is 2.76 bits per heavy atom. The fraction of sp³-hybridized carbons (Fsp3) is 0.258. The van der Waals surface area contributed by atoms with Gasteiger partial charge in [0, 0.05) is 23.9 Å². The van der Waals surface area contributed by atoms with Gasteiger partial charge in [-0.3, -0.25) is 0 Å². The molecule has 1 unspecified atom stereocenters. The number of ether oxygens (including phenoxy) is 3. The number of rotatable bonds is 9. The van der Waals surface area contributed by atoms with Crippen LogP contribution in [-0.4, -0.2) is 38.9 Å². The van der Waals surface area contributed by atoms with Gasteiger partial charge in [0.1, 0.15) is 23.4 Å². The Bertz CT molecular complexity index is 1420. The summed E-state index contributed by atoms with van der Waals surface area (Å²) in [7, 11) is 1.32. The number of methoxy groups -OCH3 is 1. The lowest BCUT2D eigenvalue weighted by Crippen LogP contribution is -2.39. The highest BCUT2D eigenvalue weighted by molar-refractivity contribution is 5.86. The van der Waals surface area contributed by atoms with Gasteiger partial charge in [0.2, 0.25) is 0 Å². The summed E-state index contributed by atoms with van der Waals surface area (Å²) in [5.41, 5.74) is 2.90. The Labute approximate surface area is 221 Å². The third kappa shape index (κ3) is 5.73. The van der Waals surface area contributed by atoms with E-state index in [1.165, 1.54) is 35.6 Å². The first kappa shape index (κ1) is 25.5. The summed E-state index contributed by atoms with van der Waals surface area (Å²) < 4.78 is 30.6. The van der Waals surface area contributed by atoms with Crippen LogP contribution in [0.3, 0.4) is 0 Å². The molecule has 0 fully saturated rings. The van der Waals surface area contributed by atoms with Gasteiger partial charge in [-0.25, -0.2) is 9.18 Å². The first-order chi connectivity index (χ1) is 18.5. The Hall–Kier alpha value is -4.10. The molecule has 2 atom stereocenters. The van der Waals surface area contributed by atoms with Gasteiger partial charge >= 0.3 is 5.97 Å². The minimum Gasteiger partial charge on any atom is -0.486 e. The smallest absolute Gasteiger partial charge is 0.343 e. The second-order valence-electron chi connectivity index (χ2n) is 9.36. The number of carbonyl (C=O) groups excluding carboxylic acids is 1. The molecule has 5 rings (SSSR count). The second kappa shape index (κ2) is 11.5. The van der Waals surface area contributed by atoms with E-state index in [1.807, 2.05) is 18.2 Å². The summed E-state index contributed by atoms with van der Waals surface area (Å²) in [5.74, 6) is 0.254. The van der Waals surface area contributed by atoms with Gasteiger partial charge in [-0.05, 0) is 60.5 Å². The van der Waals surface area contributed by atoms with E-state index in [4.69, 9.17) is 9.47 Å². The highest BCUT2D eigenvalue weighted by Crippen LogP contribution is 2.40. The first-order valence-electron chi connectivity index (χ1n) is 12.8. The molecule has 0 aliphatic carbocycles. The van der Waals surface area contributed by atoms with Crippen molar-refractivity contribution in [2.75, 3.05) is 31.7 Å². The van der Waals surface area contributed by atoms with Crippen molar-refractivity contribution in [3.63, 3.8) is 0 Å². The van der Waals surface area contributed by atoms with Crippen LogP contribution in [0.2, 0.25) is 0 Å². The molecule has 1 heterocycles. The number of carbonyl (C=O) groups is 1. The van der Waals surface area contributed by atoms with Crippen molar-refractivity contribution in [1.29, 1.82) is 0 Å². The maximum atomic E-state index is 14.1. The van der Waals surface area contributed by atoms with Crippen LogP contribution in [0.25, 0.3) is 10.8 Å². The standard InChI is InChI=1S/C31H31FN2O4/c1-21(27-12-5-8-22-7-3-4-11-28(22)27)33-16-15-26-19-34(29-14-13-23(32)17-30(29)38-26)24-9-6-10-25(18-24)37-20-31(35)36-2/h3-14,17-18,21,26,33H,15-16,19-20H2,1-2H3/t21-,26?/m1/s1. The molecule has 0 radical (unpaired) electrons. The Morgan fingerprint density at radius 2 is 1.89 bits per heavy atom. The normalized spacial score (nSPS) is 15.4. The topological polar surface area (TPSA) is 60.0 Å². The zero-order valence-corrected chi connectivity index (χ0v) is 21.5. The SMILES string of the molecule is COC(=O)COc1cccc(N2CC(CCN[C@H](C)c3cccc4ccccc34)Oc3cc(F)ccc32)c1. The molecule has 0 amide bonds. The summed E-state index contributed by atoms with van der Waals surface area (Å²) >= 11 is 0. The molecule has 6 nitrogen and oxygen atoms in total.